The SMILES string of the molecule is Cc1ccc(CN=Cc2c(O)[nH]c3ccccc23)cc1. The summed E-state index contributed by atoms with van der Waals surface area (Å²) in [4.78, 5) is 7.37. The highest BCUT2D eigenvalue weighted by atomic mass is 16.3. The summed E-state index contributed by atoms with van der Waals surface area (Å²) in [5.41, 5.74) is 4.06. The highest BCUT2D eigenvalue weighted by molar-refractivity contribution is 6.01. The molecule has 3 rings (SSSR count). The van der Waals surface area contributed by atoms with Crippen molar-refractivity contribution in [3.05, 3.63) is 65.2 Å². The van der Waals surface area contributed by atoms with Gasteiger partial charge in [0.1, 0.15) is 0 Å². The highest BCUT2D eigenvalue weighted by Crippen LogP contribution is 2.25. The molecule has 0 aliphatic carbocycles. The summed E-state index contributed by atoms with van der Waals surface area (Å²) in [6, 6.07) is 16.1. The number of aromatic amines is 1. The summed E-state index contributed by atoms with van der Waals surface area (Å²) in [6.45, 7) is 2.68. The van der Waals surface area contributed by atoms with Gasteiger partial charge in [0.25, 0.3) is 0 Å². The predicted octanol–water partition coefficient (Wildman–Crippen LogP) is 3.80. The average molecular weight is 264 g/mol. The van der Waals surface area contributed by atoms with Crippen LogP contribution in [-0.4, -0.2) is 16.3 Å². The van der Waals surface area contributed by atoms with Crippen molar-refractivity contribution in [2.75, 3.05) is 0 Å². The molecule has 0 spiro atoms. The Balaban J connectivity index is 1.84. The second-order valence-electron chi connectivity index (χ2n) is 4.89. The fourth-order valence-corrected chi connectivity index (χ4v) is 2.22. The third kappa shape index (κ3) is 2.43. The molecule has 0 fully saturated rings. The van der Waals surface area contributed by atoms with Crippen LogP contribution in [0.4, 0.5) is 0 Å². The number of fused-ring (bicyclic) bond motifs is 1. The van der Waals surface area contributed by atoms with Crippen molar-refractivity contribution < 1.29 is 5.11 Å². The van der Waals surface area contributed by atoms with Crippen LogP contribution in [0.2, 0.25) is 0 Å². The van der Waals surface area contributed by atoms with Gasteiger partial charge in [-0.05, 0) is 18.6 Å². The lowest BCUT2D eigenvalue weighted by Gasteiger charge is -1.97. The molecule has 2 N–H and O–H groups in total. The van der Waals surface area contributed by atoms with Crippen LogP contribution >= 0.6 is 0 Å². The van der Waals surface area contributed by atoms with E-state index in [-0.39, 0.29) is 5.88 Å². The maximum absolute atomic E-state index is 9.92. The molecule has 1 aromatic heterocycles. The second-order valence-corrected chi connectivity index (χ2v) is 4.89. The van der Waals surface area contributed by atoms with Crippen molar-refractivity contribution in [2.45, 2.75) is 13.5 Å². The first kappa shape index (κ1) is 12.5. The molecule has 1 heterocycles. The van der Waals surface area contributed by atoms with Gasteiger partial charge in [-0.3, -0.25) is 4.99 Å². The van der Waals surface area contributed by atoms with Crippen LogP contribution < -0.4 is 0 Å². The average Bonchev–Trinajstić information content (AvgIpc) is 2.77. The largest absolute Gasteiger partial charge is 0.494 e. The third-order valence-corrected chi connectivity index (χ3v) is 3.34. The second kappa shape index (κ2) is 5.21. The first-order valence-electron chi connectivity index (χ1n) is 6.59. The van der Waals surface area contributed by atoms with Gasteiger partial charge in [-0.1, -0.05) is 48.0 Å². The predicted molar refractivity (Wildman–Crippen MR) is 82.4 cm³/mol. The van der Waals surface area contributed by atoms with Crippen LogP contribution in [0.5, 0.6) is 5.88 Å². The molecule has 0 aliphatic rings. The molecular formula is C17H16N2O. The number of rotatable bonds is 3. The quantitative estimate of drug-likeness (QED) is 0.694. The van der Waals surface area contributed by atoms with E-state index in [4.69, 9.17) is 0 Å². The van der Waals surface area contributed by atoms with Gasteiger partial charge in [-0.15, -0.1) is 0 Å². The Kier molecular flexibility index (Phi) is 3.25. The molecular weight excluding hydrogens is 248 g/mol. The van der Waals surface area contributed by atoms with E-state index >= 15 is 0 Å². The summed E-state index contributed by atoms with van der Waals surface area (Å²) in [5.74, 6) is 0.166. The Hall–Kier alpha value is -2.55. The molecule has 3 heteroatoms. The Bertz CT molecular complexity index is 754. The molecule has 0 saturated heterocycles. The van der Waals surface area contributed by atoms with Gasteiger partial charge < -0.3 is 10.1 Å². The van der Waals surface area contributed by atoms with E-state index in [1.54, 1.807) is 6.21 Å². The van der Waals surface area contributed by atoms with E-state index in [1.807, 2.05) is 24.3 Å². The first-order chi connectivity index (χ1) is 9.74. The Labute approximate surface area is 117 Å². The summed E-state index contributed by atoms with van der Waals surface area (Å²) in [5, 5.41) is 10.9. The van der Waals surface area contributed by atoms with Crippen molar-refractivity contribution in [2.24, 2.45) is 4.99 Å². The summed E-state index contributed by atoms with van der Waals surface area (Å²) >= 11 is 0. The number of para-hydroxylation sites is 1. The first-order valence-corrected chi connectivity index (χ1v) is 6.59. The fourth-order valence-electron chi connectivity index (χ4n) is 2.22. The standard InChI is InChI=1S/C17H16N2O/c1-12-6-8-13(9-7-12)10-18-11-15-14-4-2-3-5-16(14)19-17(15)20/h2-9,11,19-20H,10H2,1H3. The number of aliphatic imine (C=N–C) groups is 1. The Morgan fingerprint density at radius 2 is 1.85 bits per heavy atom. The molecule has 3 aromatic rings. The molecule has 0 unspecified atom stereocenters. The molecule has 2 aromatic carbocycles. The molecule has 0 aliphatic heterocycles. The number of nitrogens with one attached hydrogen (secondary N) is 1. The molecule has 0 amide bonds. The van der Waals surface area contributed by atoms with Crippen molar-refractivity contribution >= 4 is 17.1 Å². The number of aryl methyl sites for hydroxylation is 1. The minimum atomic E-state index is 0.166. The molecule has 0 atom stereocenters. The van der Waals surface area contributed by atoms with Gasteiger partial charge in [0, 0.05) is 17.1 Å². The van der Waals surface area contributed by atoms with Crippen LogP contribution in [0.3, 0.4) is 0 Å². The Morgan fingerprint density at radius 1 is 1.10 bits per heavy atom. The number of hydrogen-bond acceptors (Lipinski definition) is 2. The van der Waals surface area contributed by atoms with Crippen LogP contribution in [0.25, 0.3) is 10.9 Å². The Morgan fingerprint density at radius 3 is 2.65 bits per heavy atom. The zero-order valence-corrected chi connectivity index (χ0v) is 11.3. The monoisotopic (exact) mass is 264 g/mol. The van der Waals surface area contributed by atoms with E-state index < -0.39 is 0 Å². The van der Waals surface area contributed by atoms with E-state index in [0.717, 1.165) is 22.0 Å². The van der Waals surface area contributed by atoms with Crippen LogP contribution in [-0.2, 0) is 6.54 Å². The number of aromatic hydroxyl groups is 1. The van der Waals surface area contributed by atoms with Crippen LogP contribution in [0.1, 0.15) is 16.7 Å². The normalized spacial score (nSPS) is 11.4. The van der Waals surface area contributed by atoms with E-state index in [9.17, 15) is 5.11 Å². The van der Waals surface area contributed by atoms with Gasteiger partial charge in [0.2, 0.25) is 0 Å². The minimum Gasteiger partial charge on any atom is -0.494 e. The van der Waals surface area contributed by atoms with Gasteiger partial charge in [-0.2, -0.15) is 0 Å². The van der Waals surface area contributed by atoms with Crippen molar-refractivity contribution in [3.8, 4) is 5.88 Å². The summed E-state index contributed by atoms with van der Waals surface area (Å²) in [6.07, 6.45) is 1.73. The smallest absolute Gasteiger partial charge is 0.198 e. The zero-order valence-electron chi connectivity index (χ0n) is 11.3. The van der Waals surface area contributed by atoms with E-state index in [2.05, 4.69) is 41.2 Å². The van der Waals surface area contributed by atoms with Crippen LogP contribution in [0, 0.1) is 6.92 Å². The van der Waals surface area contributed by atoms with Crippen LogP contribution in [0.15, 0.2) is 53.5 Å². The molecule has 0 saturated carbocycles. The van der Waals surface area contributed by atoms with Gasteiger partial charge >= 0.3 is 0 Å². The van der Waals surface area contributed by atoms with Crippen molar-refractivity contribution in [1.82, 2.24) is 4.98 Å². The topological polar surface area (TPSA) is 48.4 Å². The summed E-state index contributed by atoms with van der Waals surface area (Å²) in [7, 11) is 0. The molecule has 20 heavy (non-hydrogen) atoms. The fraction of sp³-hybridized carbons (Fsp3) is 0.118. The number of H-pyrrole nitrogens is 1. The number of benzene rings is 2. The number of hydrogen-bond donors (Lipinski definition) is 2. The van der Waals surface area contributed by atoms with Gasteiger partial charge in [-0.25, -0.2) is 0 Å². The molecule has 0 bridgehead atoms. The summed E-state index contributed by atoms with van der Waals surface area (Å²) < 4.78 is 0. The van der Waals surface area contributed by atoms with Crippen molar-refractivity contribution in [1.29, 1.82) is 0 Å². The number of aromatic nitrogens is 1. The lowest BCUT2D eigenvalue weighted by Crippen LogP contribution is -1.84. The highest BCUT2D eigenvalue weighted by Gasteiger charge is 2.07. The maximum atomic E-state index is 9.92. The lowest BCUT2D eigenvalue weighted by molar-refractivity contribution is 0.457. The van der Waals surface area contributed by atoms with Gasteiger partial charge in [0.05, 0.1) is 12.1 Å². The van der Waals surface area contributed by atoms with E-state index in [0.29, 0.717) is 6.54 Å². The van der Waals surface area contributed by atoms with Crippen molar-refractivity contribution in [3.63, 3.8) is 0 Å². The maximum Gasteiger partial charge on any atom is 0.198 e. The minimum absolute atomic E-state index is 0.166. The van der Waals surface area contributed by atoms with E-state index in [1.165, 1.54) is 5.56 Å². The molecule has 3 nitrogen and oxygen atoms in total. The molecule has 0 radical (unpaired) electrons. The number of nitrogens with zero attached hydrogens (tertiary/aromatic N) is 1. The van der Waals surface area contributed by atoms with Gasteiger partial charge in [0.15, 0.2) is 5.88 Å². The molecule has 100 valence electrons. The lowest BCUT2D eigenvalue weighted by atomic mass is 10.1. The zero-order chi connectivity index (χ0) is 13.9. The third-order valence-electron chi connectivity index (χ3n) is 3.34.